The van der Waals surface area contributed by atoms with Crippen LogP contribution in [0.5, 0.6) is 11.5 Å². The minimum absolute atomic E-state index is 0.275. The zero-order valence-corrected chi connectivity index (χ0v) is 16.9. The van der Waals surface area contributed by atoms with Crippen molar-refractivity contribution in [2.45, 2.75) is 26.7 Å². The Labute approximate surface area is 173 Å². The number of halogens is 1. The van der Waals surface area contributed by atoms with Gasteiger partial charge >= 0.3 is 11.9 Å². The molecule has 3 aromatic rings. The predicted molar refractivity (Wildman–Crippen MR) is 114 cm³/mol. The van der Waals surface area contributed by atoms with Gasteiger partial charge < -0.3 is 9.47 Å². The summed E-state index contributed by atoms with van der Waals surface area (Å²) in [6.07, 6.45) is 4.12. The van der Waals surface area contributed by atoms with E-state index in [0.29, 0.717) is 33.3 Å². The molecule has 0 saturated heterocycles. The molecule has 0 saturated carbocycles. The van der Waals surface area contributed by atoms with Gasteiger partial charge in [0.05, 0.1) is 5.69 Å². The molecule has 0 fully saturated rings. The molecule has 29 heavy (non-hydrogen) atoms. The first-order valence-electron chi connectivity index (χ1n) is 9.29. The van der Waals surface area contributed by atoms with E-state index in [4.69, 9.17) is 21.1 Å². The minimum atomic E-state index is -0.326. The van der Waals surface area contributed by atoms with Crippen LogP contribution in [0.15, 0.2) is 48.5 Å². The van der Waals surface area contributed by atoms with Gasteiger partial charge in [0, 0.05) is 28.8 Å². The van der Waals surface area contributed by atoms with Crippen LogP contribution in [0.25, 0.3) is 23.1 Å². The Bertz CT molecular complexity index is 1090. The average molecular weight is 410 g/mol. The number of hydrogen-bond donors (Lipinski definition) is 0. The number of rotatable bonds is 6. The second-order valence-electron chi connectivity index (χ2n) is 6.23. The van der Waals surface area contributed by atoms with E-state index in [1.807, 2.05) is 24.3 Å². The molecule has 5 nitrogen and oxygen atoms in total. The van der Waals surface area contributed by atoms with E-state index >= 15 is 0 Å². The van der Waals surface area contributed by atoms with Gasteiger partial charge in [0.25, 0.3) is 0 Å². The van der Waals surface area contributed by atoms with E-state index in [2.05, 4.69) is 4.98 Å². The zero-order chi connectivity index (χ0) is 20.8. The third-order valence-corrected chi connectivity index (χ3v) is 4.37. The van der Waals surface area contributed by atoms with E-state index in [1.54, 1.807) is 50.3 Å². The summed E-state index contributed by atoms with van der Waals surface area (Å²) in [6, 6.07) is 14.2. The number of hydrogen-bond acceptors (Lipinski definition) is 5. The van der Waals surface area contributed by atoms with Crippen LogP contribution in [0, 0.1) is 0 Å². The molecule has 0 aliphatic heterocycles. The van der Waals surface area contributed by atoms with Gasteiger partial charge in [-0.1, -0.05) is 43.6 Å². The Morgan fingerprint density at radius 1 is 0.931 bits per heavy atom. The first-order valence-corrected chi connectivity index (χ1v) is 9.66. The van der Waals surface area contributed by atoms with Crippen LogP contribution in [0.3, 0.4) is 0 Å². The topological polar surface area (TPSA) is 65.5 Å². The lowest BCUT2D eigenvalue weighted by Gasteiger charge is -2.08. The minimum Gasteiger partial charge on any atom is -0.426 e. The maximum atomic E-state index is 11.7. The maximum Gasteiger partial charge on any atom is 0.310 e. The van der Waals surface area contributed by atoms with Crippen molar-refractivity contribution in [1.29, 1.82) is 0 Å². The van der Waals surface area contributed by atoms with Crippen molar-refractivity contribution in [3.05, 3.63) is 64.8 Å². The molecule has 3 rings (SSSR count). The number of esters is 2. The van der Waals surface area contributed by atoms with Crippen LogP contribution >= 0.6 is 11.6 Å². The van der Waals surface area contributed by atoms with Crippen molar-refractivity contribution in [2.75, 3.05) is 0 Å². The van der Waals surface area contributed by atoms with Crippen LogP contribution in [-0.2, 0) is 9.59 Å². The molecule has 1 heterocycles. The van der Waals surface area contributed by atoms with Crippen molar-refractivity contribution >= 4 is 46.6 Å². The summed E-state index contributed by atoms with van der Waals surface area (Å²) in [6.45, 7) is 3.47. The normalized spacial score (nSPS) is 11.0. The second kappa shape index (κ2) is 9.34. The molecule has 0 unspecified atom stereocenters. The average Bonchev–Trinajstić information content (AvgIpc) is 2.73. The van der Waals surface area contributed by atoms with Crippen LogP contribution in [0.1, 0.15) is 37.9 Å². The molecule has 0 amide bonds. The molecule has 148 valence electrons. The highest BCUT2D eigenvalue weighted by atomic mass is 35.5. The fraction of sp³-hybridized carbons (Fsp3) is 0.174. The van der Waals surface area contributed by atoms with Gasteiger partial charge in [-0.25, -0.2) is 4.98 Å². The number of nitrogens with zero attached hydrogens (tertiary/aromatic N) is 1. The summed E-state index contributed by atoms with van der Waals surface area (Å²) in [5.74, 6) is 0.204. The van der Waals surface area contributed by atoms with E-state index in [-0.39, 0.29) is 24.8 Å². The molecule has 0 N–H and O–H groups in total. The number of para-hydroxylation sites is 1. The first kappa shape index (κ1) is 20.6. The van der Waals surface area contributed by atoms with E-state index < -0.39 is 0 Å². The largest absolute Gasteiger partial charge is 0.426 e. The Morgan fingerprint density at radius 3 is 2.38 bits per heavy atom. The molecule has 0 aliphatic rings. The SMILES string of the molecule is CCC(=O)Oc1ccc(Cl)cc1C=Cc1ccc2cccc(OC(=O)CC)c2n1. The van der Waals surface area contributed by atoms with Crippen molar-refractivity contribution in [2.24, 2.45) is 0 Å². The highest BCUT2D eigenvalue weighted by Crippen LogP contribution is 2.27. The maximum absolute atomic E-state index is 11.7. The zero-order valence-electron chi connectivity index (χ0n) is 16.1. The lowest BCUT2D eigenvalue weighted by atomic mass is 10.1. The van der Waals surface area contributed by atoms with E-state index in [9.17, 15) is 9.59 Å². The van der Waals surface area contributed by atoms with Gasteiger partial charge in [-0.05, 0) is 42.5 Å². The Kier molecular flexibility index (Phi) is 6.62. The quantitative estimate of drug-likeness (QED) is 0.386. The predicted octanol–water partition coefficient (Wildman–Crippen LogP) is 5.69. The lowest BCUT2D eigenvalue weighted by molar-refractivity contribution is -0.134. The van der Waals surface area contributed by atoms with Crippen LogP contribution in [-0.4, -0.2) is 16.9 Å². The number of aromatic nitrogens is 1. The Hall–Kier alpha value is -3.18. The molecule has 0 radical (unpaired) electrons. The van der Waals surface area contributed by atoms with Gasteiger partial charge in [-0.15, -0.1) is 0 Å². The summed E-state index contributed by atoms with van der Waals surface area (Å²) in [4.78, 5) is 27.9. The number of carbonyl (C=O) groups is 2. The number of ether oxygens (including phenoxy) is 2. The third-order valence-electron chi connectivity index (χ3n) is 4.14. The summed E-state index contributed by atoms with van der Waals surface area (Å²) in [5.41, 5.74) is 1.91. The van der Waals surface area contributed by atoms with E-state index in [0.717, 1.165) is 5.39 Å². The Balaban J connectivity index is 1.95. The molecule has 0 spiro atoms. The molecule has 0 bridgehead atoms. The summed E-state index contributed by atoms with van der Waals surface area (Å²) in [7, 11) is 0. The van der Waals surface area contributed by atoms with Crippen LogP contribution < -0.4 is 9.47 Å². The molecule has 2 aromatic carbocycles. The fourth-order valence-corrected chi connectivity index (χ4v) is 2.80. The van der Waals surface area contributed by atoms with Gasteiger partial charge in [0.2, 0.25) is 0 Å². The van der Waals surface area contributed by atoms with Crippen molar-refractivity contribution in [3.8, 4) is 11.5 Å². The van der Waals surface area contributed by atoms with E-state index in [1.165, 1.54) is 0 Å². The monoisotopic (exact) mass is 409 g/mol. The van der Waals surface area contributed by atoms with Crippen LogP contribution in [0.4, 0.5) is 0 Å². The molecule has 1 aromatic heterocycles. The van der Waals surface area contributed by atoms with Crippen molar-refractivity contribution < 1.29 is 19.1 Å². The number of fused-ring (bicyclic) bond motifs is 1. The fourth-order valence-electron chi connectivity index (χ4n) is 2.62. The second-order valence-corrected chi connectivity index (χ2v) is 6.67. The number of pyridine rings is 1. The molecule has 0 atom stereocenters. The third kappa shape index (κ3) is 5.21. The summed E-state index contributed by atoms with van der Waals surface area (Å²) in [5, 5.41) is 1.39. The smallest absolute Gasteiger partial charge is 0.310 e. The first-order chi connectivity index (χ1) is 14.0. The molecule has 6 heteroatoms. The van der Waals surface area contributed by atoms with Crippen LogP contribution in [0.2, 0.25) is 5.02 Å². The van der Waals surface area contributed by atoms with Gasteiger partial charge in [-0.2, -0.15) is 0 Å². The summed E-state index contributed by atoms with van der Waals surface area (Å²) >= 11 is 6.09. The number of benzene rings is 2. The van der Waals surface area contributed by atoms with Gasteiger partial charge in [0.15, 0.2) is 5.75 Å². The lowest BCUT2D eigenvalue weighted by Crippen LogP contribution is -2.06. The van der Waals surface area contributed by atoms with Crippen molar-refractivity contribution in [3.63, 3.8) is 0 Å². The number of carbonyl (C=O) groups excluding carboxylic acids is 2. The molecular formula is C23H20ClNO4. The van der Waals surface area contributed by atoms with Gasteiger partial charge in [0.1, 0.15) is 11.3 Å². The molecular weight excluding hydrogens is 390 g/mol. The Morgan fingerprint density at radius 2 is 1.66 bits per heavy atom. The summed E-state index contributed by atoms with van der Waals surface area (Å²) < 4.78 is 10.7. The van der Waals surface area contributed by atoms with Crippen molar-refractivity contribution in [1.82, 2.24) is 4.98 Å². The highest BCUT2D eigenvalue weighted by Gasteiger charge is 2.09. The molecule has 0 aliphatic carbocycles. The highest BCUT2D eigenvalue weighted by molar-refractivity contribution is 6.30. The van der Waals surface area contributed by atoms with Gasteiger partial charge in [-0.3, -0.25) is 9.59 Å². The standard InChI is InChI=1S/C23H20ClNO4/c1-3-21(26)28-19-13-10-17(24)14-16(19)9-12-18-11-8-15-6-5-7-20(23(15)25-18)29-22(27)4-2/h5-14H,3-4H2,1-2H3.